The van der Waals surface area contributed by atoms with Gasteiger partial charge < -0.3 is 23.9 Å². The minimum absolute atomic E-state index is 0.0162. The van der Waals surface area contributed by atoms with E-state index in [1.54, 1.807) is 25.3 Å². The Hall–Kier alpha value is -3.27. The van der Waals surface area contributed by atoms with Crippen LogP contribution in [0.3, 0.4) is 0 Å². The third-order valence-corrected chi connectivity index (χ3v) is 5.12. The van der Waals surface area contributed by atoms with Crippen molar-refractivity contribution in [3.63, 3.8) is 0 Å². The minimum Gasteiger partial charge on any atom is -0.493 e. The van der Waals surface area contributed by atoms with Crippen molar-refractivity contribution in [3.8, 4) is 11.5 Å². The summed E-state index contributed by atoms with van der Waals surface area (Å²) in [6, 6.07) is 10.3. The number of oxime groups is 1. The van der Waals surface area contributed by atoms with E-state index < -0.39 is 17.8 Å². The Bertz CT molecular complexity index is 1010. The number of amides is 1. The number of rotatable bonds is 9. The monoisotopic (exact) mass is 466 g/mol. The first-order valence-electron chi connectivity index (χ1n) is 10.1. The third-order valence-electron chi connectivity index (χ3n) is 5.12. The van der Waals surface area contributed by atoms with E-state index in [1.165, 1.54) is 25.2 Å². The minimum atomic E-state index is -4.46. The second-order valence-electron chi connectivity index (χ2n) is 7.44. The van der Waals surface area contributed by atoms with Crippen LogP contribution in [0.4, 0.5) is 13.2 Å². The van der Waals surface area contributed by atoms with Crippen LogP contribution in [0.1, 0.15) is 23.1 Å². The summed E-state index contributed by atoms with van der Waals surface area (Å²) in [5, 5.41) is 4.13. The molecule has 2 aromatic rings. The Morgan fingerprint density at radius 2 is 1.88 bits per heavy atom. The van der Waals surface area contributed by atoms with Gasteiger partial charge in [-0.1, -0.05) is 17.3 Å². The predicted octanol–water partition coefficient (Wildman–Crippen LogP) is 3.89. The molecule has 1 aliphatic rings. The van der Waals surface area contributed by atoms with Crippen molar-refractivity contribution >= 4 is 11.6 Å². The van der Waals surface area contributed by atoms with Crippen LogP contribution in [-0.4, -0.2) is 57.1 Å². The van der Waals surface area contributed by atoms with Gasteiger partial charge in [0.2, 0.25) is 5.91 Å². The first kappa shape index (κ1) is 24.4. The summed E-state index contributed by atoms with van der Waals surface area (Å²) in [6.07, 6.45) is -4.51. The van der Waals surface area contributed by atoms with Crippen LogP contribution in [0.15, 0.2) is 47.6 Å². The molecule has 0 fully saturated rings. The highest BCUT2D eigenvalue weighted by Gasteiger charge is 2.31. The topological polar surface area (TPSA) is 69.6 Å². The molecule has 0 saturated heterocycles. The molecule has 2 aromatic carbocycles. The summed E-state index contributed by atoms with van der Waals surface area (Å²) in [6.45, 7) is -0.0779. The summed E-state index contributed by atoms with van der Waals surface area (Å²) >= 11 is 0. The number of halogens is 3. The van der Waals surface area contributed by atoms with Crippen molar-refractivity contribution in [2.24, 2.45) is 5.16 Å². The Morgan fingerprint density at radius 1 is 1.12 bits per heavy atom. The molecule has 0 bridgehead atoms. The van der Waals surface area contributed by atoms with Crippen molar-refractivity contribution in [1.29, 1.82) is 0 Å². The van der Waals surface area contributed by atoms with Gasteiger partial charge in [-0.05, 0) is 35.9 Å². The number of carbonyl (C=O) groups excluding carboxylic acids is 1. The Kier molecular flexibility index (Phi) is 7.80. The molecule has 1 amide bonds. The van der Waals surface area contributed by atoms with Gasteiger partial charge in [0.25, 0.3) is 0 Å². The maximum absolute atomic E-state index is 13.1. The van der Waals surface area contributed by atoms with Gasteiger partial charge in [-0.2, -0.15) is 13.2 Å². The molecule has 1 atom stereocenters. The maximum Gasteiger partial charge on any atom is 0.416 e. The highest BCUT2D eigenvalue weighted by Crippen LogP contribution is 2.31. The van der Waals surface area contributed by atoms with Crippen LogP contribution in [0.2, 0.25) is 0 Å². The molecule has 178 valence electrons. The molecule has 0 spiro atoms. The smallest absolute Gasteiger partial charge is 0.416 e. The Balaban J connectivity index is 1.71. The van der Waals surface area contributed by atoms with Gasteiger partial charge in [0.1, 0.15) is 6.61 Å². The zero-order chi connectivity index (χ0) is 24.0. The van der Waals surface area contributed by atoms with Crippen LogP contribution >= 0.6 is 0 Å². The molecule has 1 aliphatic heterocycles. The average Bonchev–Trinajstić information content (AvgIpc) is 3.26. The molecule has 0 saturated carbocycles. The van der Waals surface area contributed by atoms with E-state index in [9.17, 15) is 18.0 Å². The molecule has 0 aromatic heterocycles. The Labute approximate surface area is 189 Å². The van der Waals surface area contributed by atoms with Gasteiger partial charge >= 0.3 is 6.18 Å². The fraction of sp³-hybridized carbons (Fsp3) is 0.391. The number of hydrogen-bond acceptors (Lipinski definition) is 6. The lowest BCUT2D eigenvalue weighted by atomic mass is 10.0. The fourth-order valence-corrected chi connectivity index (χ4v) is 3.49. The van der Waals surface area contributed by atoms with Crippen LogP contribution in [-0.2, 0) is 27.1 Å². The van der Waals surface area contributed by atoms with E-state index in [2.05, 4.69) is 5.16 Å². The number of methoxy groups -OCH3 is 3. The number of hydrogen-bond donors (Lipinski definition) is 0. The molecule has 33 heavy (non-hydrogen) atoms. The standard InChI is InChI=1S/C23H25F3N2O5/c1-30-14-22(29)28(12-15-5-4-6-17(9-15)23(24,25)26)13-18-11-19(27-33-18)16-7-8-20(31-2)21(10-16)32-3/h4-10,18H,11-14H2,1-3H3. The lowest BCUT2D eigenvalue weighted by Gasteiger charge is -2.25. The van der Waals surface area contributed by atoms with Gasteiger partial charge in [0.15, 0.2) is 17.6 Å². The summed E-state index contributed by atoms with van der Waals surface area (Å²) in [5.41, 5.74) is 1.03. The first-order chi connectivity index (χ1) is 15.7. The largest absolute Gasteiger partial charge is 0.493 e. The molecule has 3 rings (SSSR count). The molecular weight excluding hydrogens is 441 g/mol. The second-order valence-corrected chi connectivity index (χ2v) is 7.44. The summed E-state index contributed by atoms with van der Waals surface area (Å²) in [7, 11) is 4.45. The molecule has 0 radical (unpaired) electrons. The van der Waals surface area contributed by atoms with Crippen molar-refractivity contribution in [3.05, 3.63) is 59.2 Å². The predicted molar refractivity (Wildman–Crippen MR) is 114 cm³/mol. The van der Waals surface area contributed by atoms with Gasteiger partial charge in [0.05, 0.1) is 32.0 Å². The van der Waals surface area contributed by atoms with Crippen LogP contribution in [0.25, 0.3) is 0 Å². The van der Waals surface area contributed by atoms with Gasteiger partial charge in [-0.3, -0.25) is 4.79 Å². The quantitative estimate of drug-likeness (QED) is 0.561. The highest BCUT2D eigenvalue weighted by molar-refractivity contribution is 6.01. The molecular formula is C23H25F3N2O5. The molecule has 10 heteroatoms. The molecule has 1 heterocycles. The zero-order valence-corrected chi connectivity index (χ0v) is 18.5. The Morgan fingerprint density at radius 3 is 2.55 bits per heavy atom. The van der Waals surface area contributed by atoms with Crippen molar-refractivity contribution in [1.82, 2.24) is 4.90 Å². The van der Waals surface area contributed by atoms with Gasteiger partial charge in [0, 0.05) is 25.6 Å². The number of nitrogens with zero attached hydrogens (tertiary/aromatic N) is 2. The van der Waals surface area contributed by atoms with E-state index in [0.717, 1.165) is 17.7 Å². The van der Waals surface area contributed by atoms with E-state index in [0.29, 0.717) is 29.2 Å². The SMILES string of the molecule is COCC(=O)N(Cc1cccc(C(F)(F)F)c1)CC1CC(c2ccc(OC)c(OC)c2)=NO1. The van der Waals surface area contributed by atoms with Crippen molar-refractivity contribution < 1.29 is 37.0 Å². The molecule has 1 unspecified atom stereocenters. The van der Waals surface area contributed by atoms with Gasteiger partial charge in [-0.15, -0.1) is 0 Å². The van der Waals surface area contributed by atoms with Gasteiger partial charge in [-0.25, -0.2) is 0 Å². The van der Waals surface area contributed by atoms with Crippen molar-refractivity contribution in [2.75, 3.05) is 34.5 Å². The summed E-state index contributed by atoms with van der Waals surface area (Å²) in [5.74, 6) is 0.760. The summed E-state index contributed by atoms with van der Waals surface area (Å²) in [4.78, 5) is 19.5. The molecule has 7 nitrogen and oxygen atoms in total. The normalized spacial score (nSPS) is 15.6. The van der Waals surface area contributed by atoms with Crippen LogP contribution < -0.4 is 9.47 Å². The lowest BCUT2D eigenvalue weighted by molar-refractivity contribution is -0.137. The zero-order valence-electron chi connectivity index (χ0n) is 18.5. The third kappa shape index (κ3) is 6.16. The number of benzene rings is 2. The van der Waals surface area contributed by atoms with Crippen molar-refractivity contribution in [2.45, 2.75) is 25.2 Å². The van der Waals surface area contributed by atoms with E-state index >= 15 is 0 Å². The molecule has 0 N–H and O–H groups in total. The molecule has 0 aliphatic carbocycles. The van der Waals surface area contributed by atoms with Crippen LogP contribution in [0, 0.1) is 0 Å². The van der Waals surface area contributed by atoms with E-state index in [1.807, 2.05) is 6.07 Å². The van der Waals surface area contributed by atoms with E-state index in [-0.39, 0.29) is 25.6 Å². The fourth-order valence-electron chi connectivity index (χ4n) is 3.49. The number of carbonyl (C=O) groups is 1. The van der Waals surface area contributed by atoms with E-state index in [4.69, 9.17) is 19.0 Å². The average molecular weight is 466 g/mol. The highest BCUT2D eigenvalue weighted by atomic mass is 19.4. The number of ether oxygens (including phenoxy) is 3. The summed E-state index contributed by atoms with van der Waals surface area (Å²) < 4.78 is 54.7. The maximum atomic E-state index is 13.1. The first-order valence-corrected chi connectivity index (χ1v) is 10.1. The number of alkyl halides is 3. The lowest BCUT2D eigenvalue weighted by Crippen LogP contribution is -2.39. The van der Waals surface area contributed by atoms with Crippen LogP contribution in [0.5, 0.6) is 11.5 Å². The second kappa shape index (κ2) is 10.6.